The first-order chi connectivity index (χ1) is 7.68. The van der Waals surface area contributed by atoms with E-state index in [4.69, 9.17) is 5.73 Å². The molecule has 96 valence electrons. The normalized spacial score (nSPS) is 18.4. The molecule has 1 saturated carbocycles. The van der Waals surface area contributed by atoms with Gasteiger partial charge in [-0.05, 0) is 24.8 Å². The van der Waals surface area contributed by atoms with Crippen LogP contribution in [0, 0.1) is 16.0 Å². The monoisotopic (exact) mass is 276 g/mol. The van der Waals surface area contributed by atoms with Gasteiger partial charge in [-0.1, -0.05) is 30.6 Å². The molecule has 1 aliphatic rings. The Bertz CT molecular complexity index is 377. The molecule has 0 bridgehead atoms. The zero-order valence-corrected chi connectivity index (χ0v) is 11.1. The van der Waals surface area contributed by atoms with E-state index in [9.17, 15) is 10.1 Å². The molecule has 1 heterocycles. The van der Waals surface area contributed by atoms with Crippen LogP contribution in [0.5, 0.6) is 0 Å². The van der Waals surface area contributed by atoms with Crippen LogP contribution in [0.2, 0.25) is 0 Å². The van der Waals surface area contributed by atoms with Crippen LogP contribution in [0.1, 0.15) is 43.0 Å². The summed E-state index contributed by atoms with van der Waals surface area (Å²) in [5.74, 6) is 0.506. The molecule has 0 aliphatic heterocycles. The second-order valence-electron chi connectivity index (χ2n) is 4.36. The Labute approximate surface area is 111 Å². The van der Waals surface area contributed by atoms with E-state index in [1.54, 1.807) is 6.07 Å². The Morgan fingerprint density at radius 2 is 2.00 bits per heavy atom. The molecular formula is C11H17ClN2O2S. The third-order valence-electron chi connectivity index (χ3n) is 3.28. The van der Waals surface area contributed by atoms with Crippen molar-refractivity contribution in [1.29, 1.82) is 0 Å². The van der Waals surface area contributed by atoms with Crippen molar-refractivity contribution in [2.45, 2.75) is 38.1 Å². The van der Waals surface area contributed by atoms with Crippen LogP contribution in [0.3, 0.4) is 0 Å². The van der Waals surface area contributed by atoms with E-state index in [0.717, 1.165) is 17.7 Å². The third kappa shape index (κ3) is 3.40. The average Bonchev–Trinajstić information content (AvgIpc) is 2.78. The smallest absolute Gasteiger partial charge is 0.323 e. The Balaban J connectivity index is 0.00000144. The van der Waals surface area contributed by atoms with Gasteiger partial charge in [0, 0.05) is 17.0 Å². The van der Waals surface area contributed by atoms with Crippen molar-refractivity contribution in [2.24, 2.45) is 11.7 Å². The fourth-order valence-corrected chi connectivity index (χ4v) is 3.26. The number of thiophene rings is 1. The lowest BCUT2D eigenvalue weighted by Crippen LogP contribution is -2.22. The van der Waals surface area contributed by atoms with E-state index >= 15 is 0 Å². The standard InChI is InChI=1S/C11H16N2O2S.ClH/c12-11(8-4-2-1-3-5-8)9-6-7-10(16-9)13(14)15;/h6-8,11H,1-5,12H2;1H/t11-;/m0./s1. The number of halogens is 1. The number of nitrogens with two attached hydrogens (primary N) is 1. The van der Waals surface area contributed by atoms with E-state index in [1.807, 2.05) is 6.07 Å². The first-order valence-corrected chi connectivity index (χ1v) is 6.50. The molecule has 0 saturated heterocycles. The minimum atomic E-state index is -0.345. The van der Waals surface area contributed by atoms with Gasteiger partial charge in [0.25, 0.3) is 0 Å². The summed E-state index contributed by atoms with van der Waals surface area (Å²) >= 11 is 1.22. The van der Waals surface area contributed by atoms with Gasteiger partial charge >= 0.3 is 5.00 Å². The van der Waals surface area contributed by atoms with Gasteiger partial charge in [0.2, 0.25) is 0 Å². The topological polar surface area (TPSA) is 69.2 Å². The van der Waals surface area contributed by atoms with E-state index in [2.05, 4.69) is 0 Å². The van der Waals surface area contributed by atoms with Crippen molar-refractivity contribution in [2.75, 3.05) is 0 Å². The van der Waals surface area contributed by atoms with E-state index in [-0.39, 0.29) is 28.4 Å². The van der Waals surface area contributed by atoms with Gasteiger partial charge in [0.15, 0.2) is 0 Å². The summed E-state index contributed by atoms with van der Waals surface area (Å²) in [4.78, 5) is 11.2. The summed E-state index contributed by atoms with van der Waals surface area (Å²) < 4.78 is 0. The van der Waals surface area contributed by atoms with Gasteiger partial charge in [0.05, 0.1) is 4.92 Å². The van der Waals surface area contributed by atoms with Crippen LogP contribution in [0.25, 0.3) is 0 Å². The molecule has 0 radical (unpaired) electrons. The SMILES string of the molecule is Cl.N[C@H](c1ccc([N+](=O)[O-])s1)C1CCCCC1. The molecule has 1 atom stereocenters. The molecule has 1 aliphatic carbocycles. The number of nitro groups is 1. The highest BCUT2D eigenvalue weighted by Crippen LogP contribution is 2.37. The quantitative estimate of drug-likeness (QED) is 0.676. The van der Waals surface area contributed by atoms with Crippen LogP contribution in [-0.4, -0.2) is 4.92 Å². The molecule has 0 spiro atoms. The summed E-state index contributed by atoms with van der Waals surface area (Å²) in [7, 11) is 0. The minimum Gasteiger partial charge on any atom is -0.323 e. The highest BCUT2D eigenvalue weighted by atomic mass is 35.5. The van der Waals surface area contributed by atoms with Crippen molar-refractivity contribution < 1.29 is 4.92 Å². The average molecular weight is 277 g/mol. The van der Waals surface area contributed by atoms with Crippen LogP contribution in [0.4, 0.5) is 5.00 Å². The van der Waals surface area contributed by atoms with Crippen LogP contribution >= 0.6 is 23.7 Å². The number of rotatable bonds is 3. The van der Waals surface area contributed by atoms with Crippen molar-refractivity contribution in [3.05, 3.63) is 27.1 Å². The van der Waals surface area contributed by atoms with Gasteiger partial charge in [-0.2, -0.15) is 0 Å². The molecular weight excluding hydrogens is 260 g/mol. The maximum absolute atomic E-state index is 10.6. The van der Waals surface area contributed by atoms with E-state index < -0.39 is 0 Å². The largest absolute Gasteiger partial charge is 0.324 e. The van der Waals surface area contributed by atoms with Crippen LogP contribution in [0.15, 0.2) is 12.1 Å². The Morgan fingerprint density at radius 1 is 1.35 bits per heavy atom. The van der Waals surface area contributed by atoms with Crippen LogP contribution in [-0.2, 0) is 0 Å². The molecule has 2 rings (SSSR count). The second kappa shape index (κ2) is 6.33. The predicted molar refractivity (Wildman–Crippen MR) is 71.7 cm³/mol. The number of hydrogen-bond acceptors (Lipinski definition) is 4. The lowest BCUT2D eigenvalue weighted by atomic mass is 9.84. The first kappa shape index (κ1) is 14.4. The van der Waals surface area contributed by atoms with E-state index in [1.165, 1.54) is 30.6 Å². The Morgan fingerprint density at radius 3 is 2.53 bits per heavy atom. The van der Waals surface area contributed by atoms with Gasteiger partial charge in [0.1, 0.15) is 0 Å². The Kier molecular flexibility index (Phi) is 5.36. The predicted octanol–water partition coefficient (Wildman–Crippen LogP) is 3.66. The molecule has 1 aromatic rings. The molecule has 6 heteroatoms. The number of hydrogen-bond donors (Lipinski definition) is 1. The van der Waals surface area contributed by atoms with Crippen LogP contribution < -0.4 is 5.73 Å². The molecule has 1 aromatic heterocycles. The van der Waals surface area contributed by atoms with Gasteiger partial charge in [-0.3, -0.25) is 10.1 Å². The molecule has 0 aromatic carbocycles. The summed E-state index contributed by atoms with van der Waals surface area (Å²) in [6.07, 6.45) is 6.10. The molecule has 1 fully saturated rings. The molecule has 0 amide bonds. The third-order valence-corrected chi connectivity index (χ3v) is 4.42. The summed E-state index contributed by atoms with van der Waals surface area (Å²) in [6, 6.07) is 3.35. The van der Waals surface area contributed by atoms with Crippen molar-refractivity contribution in [1.82, 2.24) is 0 Å². The maximum atomic E-state index is 10.6. The fraction of sp³-hybridized carbons (Fsp3) is 0.636. The molecule has 17 heavy (non-hydrogen) atoms. The molecule has 2 N–H and O–H groups in total. The summed E-state index contributed by atoms with van der Waals surface area (Å²) in [6.45, 7) is 0. The first-order valence-electron chi connectivity index (χ1n) is 5.68. The minimum absolute atomic E-state index is 0. The van der Waals surface area contributed by atoms with Gasteiger partial charge < -0.3 is 5.73 Å². The van der Waals surface area contributed by atoms with Crippen molar-refractivity contribution >= 4 is 28.7 Å². The second-order valence-corrected chi connectivity index (χ2v) is 5.45. The number of nitrogens with zero attached hydrogens (tertiary/aromatic N) is 1. The van der Waals surface area contributed by atoms with Gasteiger partial charge in [-0.15, -0.1) is 12.4 Å². The van der Waals surface area contributed by atoms with Crippen molar-refractivity contribution in [3.63, 3.8) is 0 Å². The van der Waals surface area contributed by atoms with Gasteiger partial charge in [-0.25, -0.2) is 0 Å². The highest BCUT2D eigenvalue weighted by molar-refractivity contribution is 7.15. The fourth-order valence-electron chi connectivity index (χ4n) is 2.35. The lowest BCUT2D eigenvalue weighted by Gasteiger charge is -2.26. The highest BCUT2D eigenvalue weighted by Gasteiger charge is 2.24. The Hall–Kier alpha value is -0.650. The summed E-state index contributed by atoms with van der Waals surface area (Å²) in [5.41, 5.74) is 6.17. The maximum Gasteiger partial charge on any atom is 0.324 e. The van der Waals surface area contributed by atoms with E-state index in [0.29, 0.717) is 5.92 Å². The summed E-state index contributed by atoms with van der Waals surface area (Å²) in [5, 5.41) is 10.8. The molecule has 0 unspecified atom stereocenters. The lowest BCUT2D eigenvalue weighted by molar-refractivity contribution is -0.380. The van der Waals surface area contributed by atoms with Crippen molar-refractivity contribution in [3.8, 4) is 0 Å². The zero-order chi connectivity index (χ0) is 11.5. The zero-order valence-electron chi connectivity index (χ0n) is 9.50. The molecule has 4 nitrogen and oxygen atoms in total.